The van der Waals surface area contributed by atoms with Gasteiger partial charge in [-0.05, 0) is 54.9 Å². The van der Waals surface area contributed by atoms with E-state index in [9.17, 15) is 9.59 Å². The number of fused-ring (bicyclic) bond motifs is 1. The molecular formula is C28H30N4O2S2. The van der Waals surface area contributed by atoms with Crippen LogP contribution in [-0.2, 0) is 11.2 Å². The van der Waals surface area contributed by atoms with Crippen LogP contribution in [0.25, 0.3) is 11.7 Å². The van der Waals surface area contributed by atoms with Crippen LogP contribution < -0.4 is 10.5 Å². The third kappa shape index (κ3) is 4.97. The molecule has 1 amide bonds. The number of thioether (sulfide) groups is 1. The van der Waals surface area contributed by atoms with Gasteiger partial charge in [-0.1, -0.05) is 74.2 Å². The van der Waals surface area contributed by atoms with Crippen molar-refractivity contribution in [1.82, 2.24) is 14.3 Å². The van der Waals surface area contributed by atoms with Crippen molar-refractivity contribution in [1.29, 1.82) is 0 Å². The van der Waals surface area contributed by atoms with E-state index in [4.69, 9.17) is 17.2 Å². The number of aromatic nitrogens is 2. The number of piperidine rings is 1. The van der Waals surface area contributed by atoms with Gasteiger partial charge in [-0.2, -0.15) is 0 Å². The highest BCUT2D eigenvalue weighted by atomic mass is 32.2. The molecule has 3 aromatic rings. The first-order valence-corrected chi connectivity index (χ1v) is 13.6. The van der Waals surface area contributed by atoms with Crippen molar-refractivity contribution in [2.75, 3.05) is 24.5 Å². The number of benzene rings is 1. The predicted molar refractivity (Wildman–Crippen MR) is 151 cm³/mol. The van der Waals surface area contributed by atoms with Crippen LogP contribution in [0, 0.1) is 18.8 Å². The van der Waals surface area contributed by atoms with Gasteiger partial charge >= 0.3 is 0 Å². The summed E-state index contributed by atoms with van der Waals surface area (Å²) in [5.74, 6) is 1.49. The summed E-state index contributed by atoms with van der Waals surface area (Å²) in [7, 11) is 0. The molecular weight excluding hydrogens is 488 g/mol. The summed E-state index contributed by atoms with van der Waals surface area (Å²) in [6, 6.07) is 13.9. The maximum Gasteiger partial charge on any atom is 0.267 e. The Morgan fingerprint density at radius 2 is 1.81 bits per heavy atom. The third-order valence-electron chi connectivity index (χ3n) is 6.77. The van der Waals surface area contributed by atoms with Crippen LogP contribution in [0.1, 0.15) is 37.0 Å². The number of aryl methyl sites for hydroxylation is 1. The van der Waals surface area contributed by atoms with Gasteiger partial charge in [-0.15, -0.1) is 0 Å². The van der Waals surface area contributed by atoms with E-state index in [0.29, 0.717) is 44.6 Å². The van der Waals surface area contributed by atoms with E-state index < -0.39 is 0 Å². The van der Waals surface area contributed by atoms with Gasteiger partial charge in [0.1, 0.15) is 15.8 Å². The fraction of sp³-hybridized carbons (Fsp3) is 0.357. The largest absolute Gasteiger partial charge is 0.355 e. The van der Waals surface area contributed by atoms with Crippen LogP contribution in [0.5, 0.6) is 0 Å². The van der Waals surface area contributed by atoms with Gasteiger partial charge in [0.15, 0.2) is 0 Å². The third-order valence-corrected chi connectivity index (χ3v) is 8.15. The highest BCUT2D eigenvalue weighted by Crippen LogP contribution is 2.34. The second-order valence-electron chi connectivity index (χ2n) is 10.0. The van der Waals surface area contributed by atoms with Crippen LogP contribution >= 0.6 is 24.0 Å². The number of rotatable bonds is 5. The maximum atomic E-state index is 13.8. The minimum Gasteiger partial charge on any atom is -0.355 e. The molecule has 1 aromatic carbocycles. The molecule has 2 saturated heterocycles. The zero-order chi connectivity index (χ0) is 25.4. The molecule has 2 aliphatic heterocycles. The average Bonchev–Trinajstić information content (AvgIpc) is 3.11. The van der Waals surface area contributed by atoms with Gasteiger partial charge < -0.3 is 4.90 Å². The molecule has 0 unspecified atom stereocenters. The number of hydrogen-bond donors (Lipinski definition) is 0. The molecule has 0 N–H and O–H groups in total. The number of carbonyl (C=O) groups is 1. The minimum absolute atomic E-state index is 0.152. The molecule has 6 nitrogen and oxygen atoms in total. The molecule has 186 valence electrons. The van der Waals surface area contributed by atoms with E-state index in [1.54, 1.807) is 21.6 Å². The van der Waals surface area contributed by atoms with Gasteiger partial charge in [0.05, 0.1) is 10.5 Å². The second kappa shape index (κ2) is 10.2. The standard InChI is InChI=1S/C28H30N4O2S2/c1-18-9-10-24-29-25(30-15-19(2)13-20(3)16-30)22(26(33)32(24)17-18)14-23-27(34)31(28(35)36-23)12-11-21-7-5-4-6-8-21/h4-10,14,17,19-20H,11-13,15-16H2,1-3H3/b23-14+/t19-,20+. The summed E-state index contributed by atoms with van der Waals surface area (Å²) in [5.41, 5.74) is 3.01. The molecule has 8 heteroatoms. The van der Waals surface area contributed by atoms with Gasteiger partial charge in [0.2, 0.25) is 0 Å². The van der Waals surface area contributed by atoms with E-state index in [0.717, 1.165) is 37.1 Å². The van der Waals surface area contributed by atoms with Crippen molar-refractivity contribution in [3.63, 3.8) is 0 Å². The van der Waals surface area contributed by atoms with Crippen molar-refractivity contribution in [2.24, 2.45) is 11.8 Å². The van der Waals surface area contributed by atoms with Gasteiger partial charge in [0, 0.05) is 25.8 Å². The summed E-state index contributed by atoms with van der Waals surface area (Å²) >= 11 is 6.82. The molecule has 36 heavy (non-hydrogen) atoms. The Kier molecular flexibility index (Phi) is 6.99. The van der Waals surface area contributed by atoms with Crippen LogP contribution in [0.2, 0.25) is 0 Å². The summed E-state index contributed by atoms with van der Waals surface area (Å²) in [6.45, 7) is 8.59. The Bertz CT molecular complexity index is 1410. The number of hydrogen-bond acceptors (Lipinski definition) is 6. The lowest BCUT2D eigenvalue weighted by atomic mass is 9.91. The predicted octanol–water partition coefficient (Wildman–Crippen LogP) is 4.93. The average molecular weight is 519 g/mol. The zero-order valence-electron chi connectivity index (χ0n) is 20.8. The Labute approximate surface area is 221 Å². The highest BCUT2D eigenvalue weighted by molar-refractivity contribution is 8.26. The second-order valence-corrected chi connectivity index (χ2v) is 11.7. The molecule has 0 spiro atoms. The van der Waals surface area contributed by atoms with Crippen LogP contribution in [0.4, 0.5) is 5.82 Å². The van der Waals surface area contributed by atoms with Gasteiger partial charge in [0.25, 0.3) is 11.5 Å². The summed E-state index contributed by atoms with van der Waals surface area (Å²) in [6.07, 6.45) is 5.38. The van der Waals surface area contributed by atoms with Crippen LogP contribution in [0.3, 0.4) is 0 Å². The van der Waals surface area contributed by atoms with E-state index in [1.807, 2.05) is 49.4 Å². The number of thiocarbonyl (C=S) groups is 1. The summed E-state index contributed by atoms with van der Waals surface area (Å²) < 4.78 is 2.10. The number of nitrogens with zero attached hydrogens (tertiary/aromatic N) is 4. The topological polar surface area (TPSA) is 57.9 Å². The first-order valence-electron chi connectivity index (χ1n) is 12.4. The molecule has 2 fully saturated rings. The van der Waals surface area contributed by atoms with E-state index >= 15 is 0 Å². The highest BCUT2D eigenvalue weighted by Gasteiger charge is 2.33. The quantitative estimate of drug-likeness (QED) is 0.353. The molecule has 2 aromatic heterocycles. The molecule has 2 atom stereocenters. The fourth-order valence-electron chi connectivity index (χ4n) is 5.16. The van der Waals surface area contributed by atoms with Crippen molar-refractivity contribution in [2.45, 2.75) is 33.6 Å². The van der Waals surface area contributed by atoms with E-state index in [-0.39, 0.29) is 11.5 Å². The maximum absolute atomic E-state index is 13.8. The van der Waals surface area contributed by atoms with Crippen molar-refractivity contribution in [3.05, 3.63) is 80.6 Å². The number of amides is 1. The Hall–Kier alpha value is -2.97. The number of carbonyl (C=O) groups excluding carboxylic acids is 1. The van der Waals surface area contributed by atoms with E-state index in [1.165, 1.54) is 11.8 Å². The van der Waals surface area contributed by atoms with Crippen molar-refractivity contribution < 1.29 is 4.79 Å². The molecule has 2 aliphatic rings. The van der Waals surface area contributed by atoms with Gasteiger partial charge in [-0.25, -0.2) is 4.98 Å². The Morgan fingerprint density at radius 3 is 2.53 bits per heavy atom. The van der Waals surface area contributed by atoms with Crippen molar-refractivity contribution in [3.8, 4) is 0 Å². The van der Waals surface area contributed by atoms with Gasteiger partial charge in [-0.3, -0.25) is 18.9 Å². The normalized spacial score (nSPS) is 21.7. The lowest BCUT2D eigenvalue weighted by Gasteiger charge is -2.36. The molecule has 0 radical (unpaired) electrons. The number of anilines is 1. The lowest BCUT2D eigenvalue weighted by Crippen LogP contribution is -2.40. The fourth-order valence-corrected chi connectivity index (χ4v) is 6.45. The van der Waals surface area contributed by atoms with E-state index in [2.05, 4.69) is 18.7 Å². The minimum atomic E-state index is -0.167. The summed E-state index contributed by atoms with van der Waals surface area (Å²) in [4.78, 5) is 36.4. The molecule has 0 aliphatic carbocycles. The molecule has 5 rings (SSSR count). The monoisotopic (exact) mass is 518 g/mol. The lowest BCUT2D eigenvalue weighted by molar-refractivity contribution is -0.122. The molecule has 4 heterocycles. The number of pyridine rings is 1. The van der Waals surface area contributed by atoms with Crippen LogP contribution in [0.15, 0.2) is 58.4 Å². The summed E-state index contributed by atoms with van der Waals surface area (Å²) in [5, 5.41) is 0. The molecule has 0 saturated carbocycles. The molecule has 0 bridgehead atoms. The van der Waals surface area contributed by atoms with Crippen LogP contribution in [-0.4, -0.2) is 44.1 Å². The zero-order valence-corrected chi connectivity index (χ0v) is 22.4. The Morgan fingerprint density at radius 1 is 1.08 bits per heavy atom. The first kappa shape index (κ1) is 24.7. The SMILES string of the molecule is Cc1ccc2nc(N3C[C@H](C)C[C@H](C)C3)c(/C=C3/SC(=S)N(CCc4ccccc4)C3=O)c(=O)n2c1. The Balaban J connectivity index is 1.53. The first-order chi connectivity index (χ1) is 17.3. The van der Waals surface area contributed by atoms with Crippen molar-refractivity contribution >= 4 is 51.7 Å². The smallest absolute Gasteiger partial charge is 0.267 e.